The smallest absolute Gasteiger partial charge is 0.275 e. The average Bonchev–Trinajstić information content (AvgIpc) is 3.21. The fraction of sp³-hybridized carbons (Fsp3) is 0.286. The van der Waals surface area contributed by atoms with Crippen LogP contribution in [0.15, 0.2) is 22.3 Å². The molecule has 3 rings (SSSR count). The predicted molar refractivity (Wildman–Crippen MR) is 85.9 cm³/mol. The number of hydrogen-bond acceptors (Lipinski definition) is 6. The van der Waals surface area contributed by atoms with Gasteiger partial charge < -0.3 is 11.1 Å². The van der Waals surface area contributed by atoms with Gasteiger partial charge in [0.05, 0.1) is 5.70 Å². The summed E-state index contributed by atoms with van der Waals surface area (Å²) in [5, 5.41) is 12.5. The number of aryl methyl sites for hydroxylation is 1. The number of aromatic amines is 1. The van der Waals surface area contributed by atoms with E-state index >= 15 is 0 Å². The van der Waals surface area contributed by atoms with E-state index < -0.39 is 0 Å². The highest BCUT2D eigenvalue weighted by Crippen LogP contribution is 2.31. The first kappa shape index (κ1) is 14.5. The minimum atomic E-state index is -0.314. The van der Waals surface area contributed by atoms with Crippen LogP contribution < -0.4 is 11.1 Å². The van der Waals surface area contributed by atoms with Gasteiger partial charge in [0.15, 0.2) is 0 Å². The van der Waals surface area contributed by atoms with Crippen molar-refractivity contribution in [3.63, 3.8) is 0 Å². The van der Waals surface area contributed by atoms with Gasteiger partial charge in [0, 0.05) is 36.1 Å². The SMILES string of the molecule is CN=CC(=CN)NC(=O)c1csc(-c2n[nH]c3c2CCC3)n1. The number of rotatable bonds is 4. The van der Waals surface area contributed by atoms with Gasteiger partial charge in [0.2, 0.25) is 0 Å². The van der Waals surface area contributed by atoms with Crippen LogP contribution in [-0.4, -0.2) is 34.4 Å². The maximum atomic E-state index is 12.2. The maximum Gasteiger partial charge on any atom is 0.275 e. The van der Waals surface area contributed by atoms with E-state index in [1.54, 1.807) is 12.4 Å². The molecule has 4 N–H and O–H groups in total. The molecule has 1 aliphatic carbocycles. The third-order valence-corrected chi connectivity index (χ3v) is 4.30. The molecule has 8 heteroatoms. The molecule has 22 heavy (non-hydrogen) atoms. The fourth-order valence-electron chi connectivity index (χ4n) is 2.43. The third-order valence-electron chi connectivity index (χ3n) is 3.45. The number of carbonyl (C=O) groups is 1. The molecular formula is C14H16N6OS. The maximum absolute atomic E-state index is 12.2. The van der Waals surface area contributed by atoms with E-state index in [4.69, 9.17) is 5.73 Å². The highest BCUT2D eigenvalue weighted by Gasteiger charge is 2.22. The number of nitrogens with zero attached hydrogens (tertiary/aromatic N) is 3. The van der Waals surface area contributed by atoms with Gasteiger partial charge in [-0.05, 0) is 19.3 Å². The number of amides is 1. The Balaban J connectivity index is 1.80. The fourth-order valence-corrected chi connectivity index (χ4v) is 3.25. The summed E-state index contributed by atoms with van der Waals surface area (Å²) in [6.45, 7) is 0. The van der Waals surface area contributed by atoms with Crippen molar-refractivity contribution in [1.29, 1.82) is 0 Å². The Bertz CT molecular complexity index is 757. The zero-order chi connectivity index (χ0) is 15.5. The Morgan fingerprint density at radius 2 is 2.41 bits per heavy atom. The van der Waals surface area contributed by atoms with Crippen molar-refractivity contribution < 1.29 is 4.79 Å². The number of thiazole rings is 1. The van der Waals surface area contributed by atoms with E-state index in [0.29, 0.717) is 11.4 Å². The number of carbonyl (C=O) groups excluding carboxylic acids is 1. The molecule has 2 aromatic rings. The normalized spacial score (nSPS) is 14.5. The van der Waals surface area contributed by atoms with Gasteiger partial charge in [0.25, 0.3) is 5.91 Å². The minimum Gasteiger partial charge on any atom is -0.403 e. The summed E-state index contributed by atoms with van der Waals surface area (Å²) < 4.78 is 0. The number of aliphatic imine (C=N–C) groups is 1. The quantitative estimate of drug-likeness (QED) is 0.737. The van der Waals surface area contributed by atoms with Crippen LogP contribution in [0.2, 0.25) is 0 Å². The van der Waals surface area contributed by atoms with Crippen LogP contribution in [-0.2, 0) is 12.8 Å². The molecule has 1 aliphatic rings. The number of allylic oxidation sites excluding steroid dienone is 1. The van der Waals surface area contributed by atoms with Crippen LogP contribution in [0.1, 0.15) is 28.2 Å². The number of aromatic nitrogens is 3. The molecule has 0 aliphatic heterocycles. The van der Waals surface area contributed by atoms with E-state index in [1.165, 1.54) is 35.0 Å². The van der Waals surface area contributed by atoms with Crippen molar-refractivity contribution in [3.05, 3.63) is 34.2 Å². The molecule has 0 unspecified atom stereocenters. The van der Waals surface area contributed by atoms with E-state index in [0.717, 1.165) is 30.0 Å². The zero-order valence-corrected chi connectivity index (χ0v) is 12.9. The molecule has 1 amide bonds. The first-order chi connectivity index (χ1) is 10.7. The standard InChI is InChI=1S/C14H16N6OS/c1-16-6-8(5-15)17-13(21)11-7-22-14(18-11)12-9-3-2-4-10(9)19-20-12/h5-7H,2-4,15H2,1H3,(H,17,21)(H,19,20). The molecule has 2 aromatic heterocycles. The number of H-pyrrole nitrogens is 1. The molecule has 2 heterocycles. The van der Waals surface area contributed by atoms with Crippen molar-refractivity contribution in [2.45, 2.75) is 19.3 Å². The summed E-state index contributed by atoms with van der Waals surface area (Å²) >= 11 is 1.41. The molecule has 0 fully saturated rings. The Morgan fingerprint density at radius 3 is 3.18 bits per heavy atom. The van der Waals surface area contributed by atoms with Crippen LogP contribution in [0.25, 0.3) is 10.7 Å². The Hall–Kier alpha value is -2.48. The highest BCUT2D eigenvalue weighted by molar-refractivity contribution is 7.13. The molecule has 7 nitrogen and oxygen atoms in total. The van der Waals surface area contributed by atoms with E-state index in [1.807, 2.05) is 0 Å². The first-order valence-electron chi connectivity index (χ1n) is 6.90. The summed E-state index contributed by atoms with van der Waals surface area (Å²) in [6.07, 6.45) is 5.94. The number of nitrogens with one attached hydrogen (secondary N) is 2. The van der Waals surface area contributed by atoms with Crippen LogP contribution in [0.5, 0.6) is 0 Å². The lowest BCUT2D eigenvalue weighted by atomic mass is 10.2. The van der Waals surface area contributed by atoms with Crippen molar-refractivity contribution in [2.75, 3.05) is 7.05 Å². The van der Waals surface area contributed by atoms with Gasteiger partial charge in [-0.15, -0.1) is 11.3 Å². The molecule has 114 valence electrons. The molecule has 0 saturated carbocycles. The molecule has 0 atom stereocenters. The Morgan fingerprint density at radius 1 is 1.55 bits per heavy atom. The summed E-state index contributed by atoms with van der Waals surface area (Å²) in [5.41, 5.74) is 9.48. The summed E-state index contributed by atoms with van der Waals surface area (Å²) in [7, 11) is 1.61. The summed E-state index contributed by atoms with van der Waals surface area (Å²) in [6, 6.07) is 0. The van der Waals surface area contributed by atoms with Gasteiger partial charge >= 0.3 is 0 Å². The zero-order valence-electron chi connectivity index (χ0n) is 12.1. The largest absolute Gasteiger partial charge is 0.403 e. The molecule has 0 saturated heterocycles. The lowest BCUT2D eigenvalue weighted by Gasteiger charge is -2.01. The number of hydrogen-bond donors (Lipinski definition) is 3. The van der Waals surface area contributed by atoms with Gasteiger partial charge in [-0.2, -0.15) is 5.10 Å². The lowest BCUT2D eigenvalue weighted by Crippen LogP contribution is -2.24. The van der Waals surface area contributed by atoms with E-state index in [-0.39, 0.29) is 5.91 Å². The van der Waals surface area contributed by atoms with Gasteiger partial charge in [-0.25, -0.2) is 4.98 Å². The summed E-state index contributed by atoms with van der Waals surface area (Å²) in [5.74, 6) is -0.314. The lowest BCUT2D eigenvalue weighted by molar-refractivity contribution is 0.0964. The van der Waals surface area contributed by atoms with Gasteiger partial charge in [-0.1, -0.05) is 0 Å². The van der Waals surface area contributed by atoms with Gasteiger partial charge in [-0.3, -0.25) is 14.9 Å². The number of nitrogens with two attached hydrogens (primary N) is 1. The second kappa shape index (κ2) is 6.10. The van der Waals surface area contributed by atoms with Crippen molar-refractivity contribution in [3.8, 4) is 10.7 Å². The molecule has 0 aromatic carbocycles. The second-order valence-electron chi connectivity index (χ2n) is 4.88. The van der Waals surface area contributed by atoms with Crippen molar-refractivity contribution >= 4 is 23.5 Å². The molecule has 0 bridgehead atoms. The van der Waals surface area contributed by atoms with Crippen molar-refractivity contribution in [1.82, 2.24) is 20.5 Å². The van der Waals surface area contributed by atoms with Crippen molar-refractivity contribution in [2.24, 2.45) is 10.7 Å². The molecule has 0 radical (unpaired) electrons. The van der Waals surface area contributed by atoms with E-state index in [2.05, 4.69) is 25.5 Å². The monoisotopic (exact) mass is 316 g/mol. The predicted octanol–water partition coefficient (Wildman–Crippen LogP) is 1.25. The minimum absolute atomic E-state index is 0.314. The summed E-state index contributed by atoms with van der Waals surface area (Å²) in [4.78, 5) is 20.4. The first-order valence-corrected chi connectivity index (χ1v) is 7.78. The van der Waals surface area contributed by atoms with Crippen LogP contribution in [0.3, 0.4) is 0 Å². The van der Waals surface area contributed by atoms with Crippen LogP contribution in [0.4, 0.5) is 0 Å². The number of fused-ring (bicyclic) bond motifs is 1. The average molecular weight is 316 g/mol. The second-order valence-corrected chi connectivity index (χ2v) is 5.74. The van der Waals surface area contributed by atoms with Gasteiger partial charge in [0.1, 0.15) is 16.4 Å². The van der Waals surface area contributed by atoms with Crippen LogP contribution in [0, 0.1) is 0 Å². The van der Waals surface area contributed by atoms with E-state index in [9.17, 15) is 4.79 Å². The topological polar surface area (TPSA) is 109 Å². The Labute approximate surface area is 131 Å². The molecule has 0 spiro atoms. The Kier molecular flexibility index (Phi) is 4.01. The third kappa shape index (κ3) is 2.64. The highest BCUT2D eigenvalue weighted by atomic mass is 32.1. The molecular weight excluding hydrogens is 300 g/mol. The van der Waals surface area contributed by atoms with Crippen LogP contribution >= 0.6 is 11.3 Å².